The van der Waals surface area contributed by atoms with Crippen LogP contribution < -0.4 is 0 Å². The molecule has 106 valence electrons. The predicted octanol–water partition coefficient (Wildman–Crippen LogP) is 2.88. The van der Waals surface area contributed by atoms with Crippen LogP contribution in [0.5, 0.6) is 0 Å². The number of aromatic amines is 1. The minimum absolute atomic E-state index is 0.0386. The summed E-state index contributed by atoms with van der Waals surface area (Å²) in [5, 5.41) is 10.4. The Morgan fingerprint density at radius 2 is 2.05 bits per heavy atom. The lowest BCUT2D eigenvalue weighted by atomic mass is 10.1. The molecule has 6 nitrogen and oxygen atoms in total. The van der Waals surface area contributed by atoms with Crippen LogP contribution >= 0.6 is 0 Å². The highest BCUT2D eigenvalue weighted by atomic mass is 19.4. The van der Waals surface area contributed by atoms with E-state index in [4.69, 9.17) is 0 Å². The number of nitro groups is 1. The van der Waals surface area contributed by atoms with Crippen LogP contribution in [0, 0.1) is 10.1 Å². The van der Waals surface area contributed by atoms with E-state index in [-0.39, 0.29) is 10.9 Å². The topological polar surface area (TPSA) is 85.2 Å². The summed E-state index contributed by atoms with van der Waals surface area (Å²) in [4.78, 5) is 23.5. The van der Waals surface area contributed by atoms with Crippen molar-refractivity contribution in [3.63, 3.8) is 0 Å². The highest BCUT2D eigenvalue weighted by Crippen LogP contribution is 2.36. The van der Waals surface area contributed by atoms with Gasteiger partial charge in [0.25, 0.3) is 5.69 Å². The van der Waals surface area contributed by atoms with Gasteiger partial charge in [-0.2, -0.15) is 13.2 Å². The van der Waals surface area contributed by atoms with Crippen molar-refractivity contribution in [2.24, 2.45) is 0 Å². The van der Waals surface area contributed by atoms with Gasteiger partial charge in [0.15, 0.2) is 0 Å². The lowest BCUT2D eigenvalue weighted by Gasteiger charge is -2.06. The van der Waals surface area contributed by atoms with E-state index >= 15 is 0 Å². The molecule has 1 heterocycles. The fraction of sp³-hybridized carbons (Fsp3) is 0.182. The number of rotatable bonds is 2. The van der Waals surface area contributed by atoms with Crippen molar-refractivity contribution in [3.05, 3.63) is 39.6 Å². The van der Waals surface area contributed by atoms with Gasteiger partial charge in [-0.3, -0.25) is 10.1 Å². The molecule has 0 amide bonds. The van der Waals surface area contributed by atoms with E-state index in [0.717, 1.165) is 25.3 Å². The van der Waals surface area contributed by atoms with Gasteiger partial charge in [0.2, 0.25) is 0 Å². The van der Waals surface area contributed by atoms with Crippen LogP contribution in [-0.4, -0.2) is 23.0 Å². The van der Waals surface area contributed by atoms with E-state index in [0.29, 0.717) is 0 Å². The van der Waals surface area contributed by atoms with Gasteiger partial charge in [-0.15, -0.1) is 0 Å². The molecule has 0 aliphatic rings. The lowest BCUT2D eigenvalue weighted by Crippen LogP contribution is -2.13. The molecule has 0 unspecified atom stereocenters. The Bertz CT molecular complexity index is 705. The number of alkyl halides is 3. The number of methoxy groups -OCH3 is 1. The molecule has 9 heteroatoms. The molecule has 0 aliphatic heterocycles. The van der Waals surface area contributed by atoms with E-state index in [1.807, 2.05) is 4.98 Å². The molecular formula is C11H7F3N2O4. The number of carbonyl (C=O) groups is 1. The van der Waals surface area contributed by atoms with E-state index in [9.17, 15) is 28.1 Å². The third-order valence-corrected chi connectivity index (χ3v) is 2.67. The van der Waals surface area contributed by atoms with E-state index in [1.54, 1.807) is 0 Å². The second-order valence-electron chi connectivity index (χ2n) is 3.85. The second-order valence-corrected chi connectivity index (χ2v) is 3.85. The van der Waals surface area contributed by atoms with Gasteiger partial charge in [0.05, 0.1) is 17.6 Å². The highest BCUT2D eigenvalue weighted by molar-refractivity contribution is 6.06. The average molecular weight is 288 g/mol. The quantitative estimate of drug-likeness (QED) is 0.523. The zero-order valence-corrected chi connectivity index (χ0v) is 9.95. The molecule has 0 bridgehead atoms. The minimum Gasteiger partial charge on any atom is -0.465 e. The Kier molecular flexibility index (Phi) is 3.12. The predicted molar refractivity (Wildman–Crippen MR) is 61.3 cm³/mol. The van der Waals surface area contributed by atoms with Gasteiger partial charge >= 0.3 is 12.1 Å². The van der Waals surface area contributed by atoms with Gasteiger partial charge in [-0.05, 0) is 6.07 Å². The Balaban J connectivity index is 2.82. The molecule has 1 aromatic heterocycles. The van der Waals surface area contributed by atoms with Gasteiger partial charge in [0, 0.05) is 23.0 Å². The maximum atomic E-state index is 12.9. The monoisotopic (exact) mass is 288 g/mol. The minimum atomic E-state index is -4.81. The average Bonchev–Trinajstić information content (AvgIpc) is 2.75. The first-order chi connectivity index (χ1) is 9.25. The van der Waals surface area contributed by atoms with Crippen LogP contribution in [0.3, 0.4) is 0 Å². The smallest absolute Gasteiger partial charge is 0.432 e. The van der Waals surface area contributed by atoms with Crippen LogP contribution in [0.25, 0.3) is 10.9 Å². The molecule has 2 rings (SSSR count). The zero-order chi connectivity index (χ0) is 15.1. The van der Waals surface area contributed by atoms with Crippen LogP contribution in [0.1, 0.15) is 16.1 Å². The van der Waals surface area contributed by atoms with Crippen molar-refractivity contribution >= 4 is 22.6 Å². The van der Waals surface area contributed by atoms with E-state index in [1.165, 1.54) is 0 Å². The first-order valence-corrected chi connectivity index (χ1v) is 5.21. The van der Waals surface area contributed by atoms with Gasteiger partial charge in [-0.1, -0.05) is 0 Å². The third-order valence-electron chi connectivity index (χ3n) is 2.67. The molecule has 1 aromatic carbocycles. The summed E-state index contributed by atoms with van der Waals surface area (Å²) >= 11 is 0. The number of hydrogen-bond acceptors (Lipinski definition) is 4. The van der Waals surface area contributed by atoms with Crippen molar-refractivity contribution in [1.82, 2.24) is 4.98 Å². The third kappa shape index (κ3) is 2.17. The molecular weight excluding hydrogens is 281 g/mol. The summed E-state index contributed by atoms with van der Waals surface area (Å²) in [7, 11) is 0.929. The van der Waals surface area contributed by atoms with Crippen LogP contribution in [0.4, 0.5) is 18.9 Å². The number of nitrogens with zero attached hydrogens (tertiary/aromatic N) is 1. The maximum absolute atomic E-state index is 12.9. The Hall–Kier alpha value is -2.58. The van der Waals surface area contributed by atoms with Crippen molar-refractivity contribution in [3.8, 4) is 0 Å². The Labute approximate surface area is 109 Å². The first-order valence-electron chi connectivity index (χ1n) is 5.21. The first kappa shape index (κ1) is 13.8. The second kappa shape index (κ2) is 4.51. The SMILES string of the molecule is COC(=O)c1c(C(F)(F)F)[nH]c2ccc([N+](=O)[O-])cc12. The lowest BCUT2D eigenvalue weighted by molar-refractivity contribution is -0.384. The zero-order valence-electron chi connectivity index (χ0n) is 9.95. The number of benzene rings is 1. The number of carbonyl (C=O) groups excluding carboxylic acids is 1. The van der Waals surface area contributed by atoms with Crippen LogP contribution in [0.15, 0.2) is 18.2 Å². The van der Waals surface area contributed by atoms with E-state index in [2.05, 4.69) is 4.74 Å². The number of hydrogen-bond donors (Lipinski definition) is 1. The summed E-state index contributed by atoms with van der Waals surface area (Å²) in [6.07, 6.45) is -4.81. The largest absolute Gasteiger partial charge is 0.465 e. The molecule has 0 saturated carbocycles. The molecule has 1 N–H and O–H groups in total. The summed E-state index contributed by atoms with van der Waals surface area (Å²) in [5.41, 5.74) is -2.52. The molecule has 0 fully saturated rings. The molecule has 0 saturated heterocycles. The Morgan fingerprint density at radius 1 is 1.40 bits per heavy atom. The van der Waals surface area contributed by atoms with Crippen molar-refractivity contribution < 1.29 is 27.6 Å². The summed E-state index contributed by atoms with van der Waals surface area (Å²) < 4.78 is 42.9. The molecule has 0 aliphatic carbocycles. The molecule has 0 radical (unpaired) electrons. The number of nitrogens with one attached hydrogen (secondary N) is 1. The van der Waals surface area contributed by atoms with Gasteiger partial charge in [-0.25, -0.2) is 4.79 Å². The highest BCUT2D eigenvalue weighted by Gasteiger charge is 2.39. The Morgan fingerprint density at radius 3 is 2.55 bits per heavy atom. The fourth-order valence-corrected chi connectivity index (χ4v) is 1.82. The molecule has 0 spiro atoms. The van der Waals surface area contributed by atoms with Crippen molar-refractivity contribution in [1.29, 1.82) is 0 Å². The maximum Gasteiger partial charge on any atom is 0.432 e. The number of ether oxygens (including phenoxy) is 1. The van der Waals surface area contributed by atoms with Crippen molar-refractivity contribution in [2.45, 2.75) is 6.18 Å². The standard InChI is InChI=1S/C11H7F3N2O4/c1-20-10(17)8-6-4-5(16(18)19)2-3-7(6)15-9(8)11(12,13)14/h2-4,15H,1H3. The number of H-pyrrole nitrogens is 1. The number of non-ortho nitro benzene ring substituents is 1. The summed E-state index contributed by atoms with van der Waals surface area (Å²) in [5.74, 6) is -1.22. The fourth-order valence-electron chi connectivity index (χ4n) is 1.82. The summed E-state index contributed by atoms with van der Waals surface area (Å²) in [6, 6.07) is 3.04. The van der Waals surface area contributed by atoms with Gasteiger partial charge in [0.1, 0.15) is 5.69 Å². The number of aromatic nitrogens is 1. The molecule has 20 heavy (non-hydrogen) atoms. The van der Waals surface area contributed by atoms with Crippen LogP contribution in [-0.2, 0) is 10.9 Å². The van der Waals surface area contributed by atoms with Crippen molar-refractivity contribution in [2.75, 3.05) is 7.11 Å². The summed E-state index contributed by atoms with van der Waals surface area (Å²) in [6.45, 7) is 0. The van der Waals surface area contributed by atoms with Gasteiger partial charge < -0.3 is 9.72 Å². The number of nitro benzene ring substituents is 1. The molecule has 0 atom stereocenters. The molecule has 2 aromatic rings. The number of esters is 1. The number of fused-ring (bicyclic) bond motifs is 1. The van der Waals surface area contributed by atoms with Crippen LogP contribution in [0.2, 0.25) is 0 Å². The number of halogens is 3. The normalized spacial score (nSPS) is 11.6. The van der Waals surface area contributed by atoms with E-state index < -0.39 is 34.0 Å².